The molecule has 2 rings (SSSR count). The molecule has 0 aliphatic rings. The first-order chi connectivity index (χ1) is 10.8. The lowest BCUT2D eigenvalue weighted by molar-refractivity contribution is 0.414. The first kappa shape index (κ1) is 16.1. The lowest BCUT2D eigenvalue weighted by Crippen LogP contribution is -2.20. The molecule has 116 valence electrons. The molecule has 0 aromatic heterocycles. The Balaban J connectivity index is 2.02. The molecule has 2 aromatic carbocycles. The zero-order chi connectivity index (χ0) is 15.8. The summed E-state index contributed by atoms with van der Waals surface area (Å²) in [4.78, 5) is 0. The molecule has 0 spiro atoms. The van der Waals surface area contributed by atoms with Gasteiger partial charge in [0, 0.05) is 12.6 Å². The fraction of sp³-hybridized carbons (Fsp3) is 0.263. The first-order valence-electron chi connectivity index (χ1n) is 7.38. The number of rotatable bonds is 8. The van der Waals surface area contributed by atoms with E-state index in [0.717, 1.165) is 24.5 Å². The molecule has 3 heteroatoms. The van der Waals surface area contributed by atoms with Crippen LogP contribution in [0, 0.1) is 0 Å². The third kappa shape index (κ3) is 4.37. The molecule has 0 amide bonds. The summed E-state index contributed by atoms with van der Waals surface area (Å²) in [5, 5.41) is 3.58. The maximum absolute atomic E-state index is 5.21. The Bertz CT molecular complexity index is 575. The van der Waals surface area contributed by atoms with E-state index in [1.54, 1.807) is 14.2 Å². The summed E-state index contributed by atoms with van der Waals surface area (Å²) < 4.78 is 10.4. The Morgan fingerprint density at radius 1 is 0.955 bits per heavy atom. The highest BCUT2D eigenvalue weighted by Crippen LogP contribution is 2.21. The zero-order valence-corrected chi connectivity index (χ0v) is 13.2. The average molecular weight is 297 g/mol. The van der Waals surface area contributed by atoms with Gasteiger partial charge in [0.1, 0.15) is 11.5 Å². The fourth-order valence-electron chi connectivity index (χ4n) is 2.32. The highest BCUT2D eigenvalue weighted by Gasteiger charge is 2.09. The standard InChI is InChI=1S/C19H23NO2/c1-4-5-19(16-8-12-18(22-3)13-9-16)20-14-15-6-10-17(21-2)11-7-15/h4,6-13,19-20H,1,5,14H2,2-3H3. The summed E-state index contributed by atoms with van der Waals surface area (Å²) in [5.41, 5.74) is 2.46. The molecule has 22 heavy (non-hydrogen) atoms. The Labute approximate surface area is 132 Å². The van der Waals surface area contributed by atoms with Crippen molar-refractivity contribution in [1.82, 2.24) is 5.32 Å². The molecule has 0 fully saturated rings. The van der Waals surface area contributed by atoms with Crippen molar-refractivity contribution in [1.29, 1.82) is 0 Å². The van der Waals surface area contributed by atoms with E-state index in [9.17, 15) is 0 Å². The van der Waals surface area contributed by atoms with Gasteiger partial charge in [-0.3, -0.25) is 0 Å². The lowest BCUT2D eigenvalue weighted by Gasteiger charge is -2.18. The monoisotopic (exact) mass is 297 g/mol. The molecule has 1 N–H and O–H groups in total. The van der Waals surface area contributed by atoms with Crippen molar-refractivity contribution in [3.05, 3.63) is 72.3 Å². The number of ether oxygens (including phenoxy) is 2. The number of hydrogen-bond acceptors (Lipinski definition) is 3. The second kappa shape index (κ2) is 8.25. The van der Waals surface area contributed by atoms with E-state index in [-0.39, 0.29) is 6.04 Å². The Hall–Kier alpha value is -2.26. The average Bonchev–Trinajstić information content (AvgIpc) is 2.59. The van der Waals surface area contributed by atoms with Crippen molar-refractivity contribution in [3.8, 4) is 11.5 Å². The van der Waals surface area contributed by atoms with E-state index in [1.807, 2.05) is 30.3 Å². The third-order valence-electron chi connectivity index (χ3n) is 3.63. The number of nitrogens with one attached hydrogen (secondary N) is 1. The van der Waals surface area contributed by atoms with Crippen LogP contribution in [0.3, 0.4) is 0 Å². The summed E-state index contributed by atoms with van der Waals surface area (Å²) in [6.45, 7) is 4.66. The van der Waals surface area contributed by atoms with Crippen molar-refractivity contribution in [2.75, 3.05) is 14.2 Å². The second-order valence-corrected chi connectivity index (χ2v) is 5.08. The van der Waals surface area contributed by atoms with Gasteiger partial charge < -0.3 is 14.8 Å². The summed E-state index contributed by atoms with van der Waals surface area (Å²) in [7, 11) is 3.36. The molecule has 3 nitrogen and oxygen atoms in total. The highest BCUT2D eigenvalue weighted by atomic mass is 16.5. The SMILES string of the molecule is C=CCC(NCc1ccc(OC)cc1)c1ccc(OC)cc1. The fourth-order valence-corrected chi connectivity index (χ4v) is 2.32. The Kier molecular flexibility index (Phi) is 6.04. The van der Waals surface area contributed by atoms with E-state index in [2.05, 4.69) is 36.2 Å². The molecule has 2 aromatic rings. The molecule has 0 bridgehead atoms. The molecule has 0 saturated heterocycles. The van der Waals surface area contributed by atoms with Crippen molar-refractivity contribution in [2.24, 2.45) is 0 Å². The van der Waals surface area contributed by atoms with E-state index >= 15 is 0 Å². The van der Waals surface area contributed by atoms with Gasteiger partial charge in [0.2, 0.25) is 0 Å². The van der Waals surface area contributed by atoms with E-state index in [0.29, 0.717) is 0 Å². The molecule has 1 unspecified atom stereocenters. The van der Waals surface area contributed by atoms with Crippen LogP contribution in [0.5, 0.6) is 11.5 Å². The third-order valence-corrected chi connectivity index (χ3v) is 3.63. The number of benzene rings is 2. The summed E-state index contributed by atoms with van der Waals surface area (Å²) in [5.74, 6) is 1.75. The van der Waals surface area contributed by atoms with Gasteiger partial charge in [0.05, 0.1) is 14.2 Å². The van der Waals surface area contributed by atoms with Gasteiger partial charge in [-0.1, -0.05) is 30.3 Å². The van der Waals surface area contributed by atoms with Crippen LogP contribution in [0.15, 0.2) is 61.2 Å². The summed E-state index contributed by atoms with van der Waals surface area (Å²) in [6, 6.07) is 16.5. The maximum atomic E-state index is 5.21. The minimum Gasteiger partial charge on any atom is -0.497 e. The second-order valence-electron chi connectivity index (χ2n) is 5.08. The van der Waals surface area contributed by atoms with Crippen LogP contribution in [0.25, 0.3) is 0 Å². The predicted octanol–water partition coefficient (Wildman–Crippen LogP) is 4.11. The molecule has 0 aliphatic carbocycles. The van der Waals surface area contributed by atoms with Gasteiger partial charge in [-0.25, -0.2) is 0 Å². The lowest BCUT2D eigenvalue weighted by atomic mass is 10.0. The van der Waals surface area contributed by atoms with E-state index in [1.165, 1.54) is 11.1 Å². The van der Waals surface area contributed by atoms with Gasteiger partial charge in [0.25, 0.3) is 0 Å². The highest BCUT2D eigenvalue weighted by molar-refractivity contribution is 5.30. The first-order valence-corrected chi connectivity index (χ1v) is 7.38. The molecular formula is C19H23NO2. The van der Waals surface area contributed by atoms with E-state index < -0.39 is 0 Å². The molecule has 0 heterocycles. The van der Waals surface area contributed by atoms with Crippen molar-refractivity contribution < 1.29 is 9.47 Å². The molecule has 0 aliphatic heterocycles. The van der Waals surface area contributed by atoms with Crippen LogP contribution in [0.4, 0.5) is 0 Å². The number of hydrogen-bond donors (Lipinski definition) is 1. The Morgan fingerprint density at radius 3 is 2.00 bits per heavy atom. The predicted molar refractivity (Wildman–Crippen MR) is 90.4 cm³/mol. The van der Waals surface area contributed by atoms with Gasteiger partial charge in [-0.15, -0.1) is 6.58 Å². The van der Waals surface area contributed by atoms with Crippen LogP contribution in [-0.2, 0) is 6.54 Å². The zero-order valence-electron chi connectivity index (χ0n) is 13.2. The van der Waals surface area contributed by atoms with Gasteiger partial charge in [0.15, 0.2) is 0 Å². The molecular weight excluding hydrogens is 274 g/mol. The van der Waals surface area contributed by atoms with Gasteiger partial charge in [-0.05, 0) is 41.8 Å². The topological polar surface area (TPSA) is 30.5 Å². The van der Waals surface area contributed by atoms with Crippen LogP contribution >= 0.6 is 0 Å². The minimum atomic E-state index is 0.241. The number of methoxy groups -OCH3 is 2. The largest absolute Gasteiger partial charge is 0.497 e. The van der Waals surface area contributed by atoms with Crippen LogP contribution < -0.4 is 14.8 Å². The molecule has 1 atom stereocenters. The summed E-state index contributed by atoms with van der Waals surface area (Å²) in [6.07, 6.45) is 2.82. The van der Waals surface area contributed by atoms with Gasteiger partial charge in [-0.2, -0.15) is 0 Å². The normalized spacial score (nSPS) is 11.7. The van der Waals surface area contributed by atoms with Crippen LogP contribution in [0.2, 0.25) is 0 Å². The summed E-state index contributed by atoms with van der Waals surface area (Å²) >= 11 is 0. The van der Waals surface area contributed by atoms with Crippen molar-refractivity contribution in [3.63, 3.8) is 0 Å². The van der Waals surface area contributed by atoms with Crippen molar-refractivity contribution in [2.45, 2.75) is 19.0 Å². The quantitative estimate of drug-likeness (QED) is 0.744. The van der Waals surface area contributed by atoms with Crippen molar-refractivity contribution >= 4 is 0 Å². The van der Waals surface area contributed by atoms with Gasteiger partial charge >= 0.3 is 0 Å². The smallest absolute Gasteiger partial charge is 0.118 e. The minimum absolute atomic E-state index is 0.241. The van der Waals surface area contributed by atoms with Crippen LogP contribution in [-0.4, -0.2) is 14.2 Å². The van der Waals surface area contributed by atoms with Crippen LogP contribution in [0.1, 0.15) is 23.6 Å². The molecule has 0 saturated carbocycles. The Morgan fingerprint density at radius 2 is 1.50 bits per heavy atom. The molecule has 0 radical (unpaired) electrons. The van der Waals surface area contributed by atoms with E-state index in [4.69, 9.17) is 9.47 Å². The maximum Gasteiger partial charge on any atom is 0.118 e.